The lowest BCUT2D eigenvalue weighted by Crippen LogP contribution is -2.30. The van der Waals surface area contributed by atoms with Crippen LogP contribution in [0.25, 0.3) is 0 Å². The molecule has 3 nitrogen and oxygen atoms in total. The van der Waals surface area contributed by atoms with Gasteiger partial charge in [-0.3, -0.25) is 9.69 Å². The van der Waals surface area contributed by atoms with Crippen molar-refractivity contribution in [3.63, 3.8) is 0 Å². The zero-order valence-corrected chi connectivity index (χ0v) is 11.6. The number of benzene rings is 2. The minimum Gasteiger partial charge on any atom is -0.347 e. The highest BCUT2D eigenvalue weighted by molar-refractivity contribution is 7.80. The number of nitrogens with zero attached hydrogens (tertiary/aromatic N) is 1. The average Bonchev–Trinajstić information content (AvgIpc) is 2.77. The Balaban J connectivity index is 1.81. The molecule has 20 heavy (non-hydrogen) atoms. The molecule has 3 rings (SSSR count). The van der Waals surface area contributed by atoms with Gasteiger partial charge in [0.2, 0.25) is 0 Å². The van der Waals surface area contributed by atoms with Crippen LogP contribution in [0.3, 0.4) is 0 Å². The highest BCUT2D eigenvalue weighted by atomic mass is 32.1. The molecule has 100 valence electrons. The van der Waals surface area contributed by atoms with E-state index in [0.29, 0.717) is 11.7 Å². The largest absolute Gasteiger partial charge is 0.347 e. The third kappa shape index (κ3) is 2.42. The molecule has 0 bridgehead atoms. The van der Waals surface area contributed by atoms with Gasteiger partial charge < -0.3 is 5.32 Å². The van der Waals surface area contributed by atoms with Gasteiger partial charge in [0.1, 0.15) is 6.04 Å². The first kappa shape index (κ1) is 12.8. The summed E-state index contributed by atoms with van der Waals surface area (Å²) in [7, 11) is 0. The average molecular weight is 282 g/mol. The molecule has 1 amide bonds. The molecule has 2 aromatic carbocycles. The molecule has 0 saturated carbocycles. The quantitative estimate of drug-likeness (QED) is 0.878. The van der Waals surface area contributed by atoms with Crippen LogP contribution in [0, 0.1) is 0 Å². The van der Waals surface area contributed by atoms with Crippen LogP contribution in [-0.4, -0.2) is 15.9 Å². The van der Waals surface area contributed by atoms with Crippen LogP contribution in [0.5, 0.6) is 0 Å². The van der Waals surface area contributed by atoms with Crippen LogP contribution >= 0.6 is 12.2 Å². The second kappa shape index (κ2) is 5.43. The predicted molar refractivity (Wildman–Crippen MR) is 81.9 cm³/mol. The molecule has 1 fully saturated rings. The first-order valence-corrected chi connectivity index (χ1v) is 6.87. The Bertz CT molecular complexity index is 627. The molecule has 1 aliphatic heterocycles. The Morgan fingerprint density at radius 3 is 2.25 bits per heavy atom. The predicted octanol–water partition coefficient (Wildman–Crippen LogP) is 2.64. The summed E-state index contributed by atoms with van der Waals surface area (Å²) < 4.78 is 0. The van der Waals surface area contributed by atoms with E-state index in [1.165, 1.54) is 0 Å². The standard InChI is InChI=1S/C16H14N2OS/c19-15-14(13-9-5-2-6-10-13)17-16(20)18(15)11-12-7-3-1-4-8-12/h1-10,14H,11H2,(H,17,20)/t14-/m1/s1. The molecule has 2 aromatic rings. The maximum atomic E-state index is 12.5. The van der Waals surface area contributed by atoms with Gasteiger partial charge in [0.15, 0.2) is 5.11 Å². The maximum absolute atomic E-state index is 12.5. The molecule has 0 spiro atoms. The summed E-state index contributed by atoms with van der Waals surface area (Å²) in [5.41, 5.74) is 2.01. The van der Waals surface area contributed by atoms with Crippen molar-refractivity contribution in [1.82, 2.24) is 10.2 Å². The number of rotatable bonds is 3. The molecule has 1 atom stereocenters. The first-order valence-electron chi connectivity index (χ1n) is 6.46. The molecule has 4 heteroatoms. The van der Waals surface area contributed by atoms with E-state index >= 15 is 0 Å². The summed E-state index contributed by atoms with van der Waals surface area (Å²) >= 11 is 5.29. The van der Waals surface area contributed by atoms with Crippen LogP contribution < -0.4 is 5.32 Å². The van der Waals surface area contributed by atoms with Gasteiger partial charge in [0.25, 0.3) is 5.91 Å². The fourth-order valence-electron chi connectivity index (χ4n) is 2.31. The van der Waals surface area contributed by atoms with Gasteiger partial charge in [-0.2, -0.15) is 0 Å². The third-order valence-corrected chi connectivity index (χ3v) is 3.68. The van der Waals surface area contributed by atoms with E-state index in [1.807, 2.05) is 60.7 Å². The van der Waals surface area contributed by atoms with Gasteiger partial charge in [0.05, 0.1) is 6.54 Å². The van der Waals surface area contributed by atoms with Crippen molar-refractivity contribution in [2.24, 2.45) is 0 Å². The number of carbonyl (C=O) groups excluding carboxylic acids is 1. The second-order valence-electron chi connectivity index (χ2n) is 4.70. The summed E-state index contributed by atoms with van der Waals surface area (Å²) in [6.07, 6.45) is 0. The smallest absolute Gasteiger partial charge is 0.256 e. The van der Waals surface area contributed by atoms with E-state index in [-0.39, 0.29) is 11.9 Å². The van der Waals surface area contributed by atoms with E-state index < -0.39 is 0 Å². The normalized spacial score (nSPS) is 18.2. The molecule has 1 N–H and O–H groups in total. The number of amides is 1. The van der Waals surface area contributed by atoms with Gasteiger partial charge in [-0.05, 0) is 23.3 Å². The molecule has 0 unspecified atom stereocenters. The van der Waals surface area contributed by atoms with Gasteiger partial charge in [0, 0.05) is 0 Å². The van der Waals surface area contributed by atoms with Crippen molar-refractivity contribution in [1.29, 1.82) is 0 Å². The molecule has 0 aliphatic carbocycles. The van der Waals surface area contributed by atoms with Crippen LogP contribution in [0.4, 0.5) is 0 Å². The minimum absolute atomic E-state index is 0.00468. The Labute approximate surface area is 123 Å². The Kier molecular flexibility index (Phi) is 3.48. The SMILES string of the molecule is O=C1[C@@H](c2ccccc2)NC(=S)N1Cc1ccccc1. The van der Waals surface area contributed by atoms with Gasteiger partial charge in [-0.15, -0.1) is 0 Å². The lowest BCUT2D eigenvalue weighted by Gasteiger charge is -2.14. The van der Waals surface area contributed by atoms with Crippen LogP contribution in [-0.2, 0) is 11.3 Å². The first-order chi connectivity index (χ1) is 9.75. The highest BCUT2D eigenvalue weighted by Crippen LogP contribution is 2.23. The van der Waals surface area contributed by atoms with Crippen LogP contribution in [0.15, 0.2) is 60.7 Å². The Morgan fingerprint density at radius 2 is 1.60 bits per heavy atom. The fraction of sp³-hybridized carbons (Fsp3) is 0.125. The van der Waals surface area contributed by atoms with E-state index in [1.54, 1.807) is 4.90 Å². The number of thiocarbonyl (C=S) groups is 1. The lowest BCUT2D eigenvalue weighted by molar-refractivity contribution is -0.127. The minimum atomic E-state index is -0.368. The molecular formula is C16H14N2OS. The van der Waals surface area contributed by atoms with Crippen molar-refractivity contribution < 1.29 is 4.79 Å². The van der Waals surface area contributed by atoms with Gasteiger partial charge in [-0.25, -0.2) is 0 Å². The van der Waals surface area contributed by atoms with Crippen LogP contribution in [0.2, 0.25) is 0 Å². The molecule has 0 aromatic heterocycles. The molecular weight excluding hydrogens is 268 g/mol. The Morgan fingerprint density at radius 1 is 1.00 bits per heavy atom. The maximum Gasteiger partial charge on any atom is 0.256 e. The number of hydrogen-bond donors (Lipinski definition) is 1. The van der Waals surface area contributed by atoms with Crippen molar-refractivity contribution in [2.75, 3.05) is 0 Å². The molecule has 0 radical (unpaired) electrons. The number of carbonyl (C=O) groups is 1. The highest BCUT2D eigenvalue weighted by Gasteiger charge is 2.36. The van der Waals surface area contributed by atoms with Crippen molar-refractivity contribution in [3.05, 3.63) is 71.8 Å². The van der Waals surface area contributed by atoms with E-state index in [0.717, 1.165) is 11.1 Å². The topological polar surface area (TPSA) is 32.3 Å². The van der Waals surface area contributed by atoms with Gasteiger partial charge in [-0.1, -0.05) is 60.7 Å². The molecule has 1 aliphatic rings. The van der Waals surface area contributed by atoms with E-state index in [9.17, 15) is 4.79 Å². The Hall–Kier alpha value is -2.20. The fourth-order valence-corrected chi connectivity index (χ4v) is 2.58. The van der Waals surface area contributed by atoms with E-state index in [2.05, 4.69) is 5.32 Å². The third-order valence-electron chi connectivity index (χ3n) is 3.34. The van der Waals surface area contributed by atoms with Crippen molar-refractivity contribution in [2.45, 2.75) is 12.6 Å². The molecule has 1 saturated heterocycles. The molecule has 1 heterocycles. The summed E-state index contributed by atoms with van der Waals surface area (Å²) in [6, 6.07) is 19.1. The number of nitrogens with one attached hydrogen (secondary N) is 1. The summed E-state index contributed by atoms with van der Waals surface area (Å²) in [4.78, 5) is 14.1. The number of hydrogen-bond acceptors (Lipinski definition) is 2. The second-order valence-corrected chi connectivity index (χ2v) is 5.09. The van der Waals surface area contributed by atoms with Gasteiger partial charge >= 0.3 is 0 Å². The monoisotopic (exact) mass is 282 g/mol. The summed E-state index contributed by atoms with van der Waals surface area (Å²) in [5.74, 6) is 0.00468. The zero-order chi connectivity index (χ0) is 13.9. The van der Waals surface area contributed by atoms with Crippen molar-refractivity contribution in [3.8, 4) is 0 Å². The summed E-state index contributed by atoms with van der Waals surface area (Å²) in [6.45, 7) is 0.509. The lowest BCUT2D eigenvalue weighted by atomic mass is 10.1. The van der Waals surface area contributed by atoms with E-state index in [4.69, 9.17) is 12.2 Å². The summed E-state index contributed by atoms with van der Waals surface area (Å²) in [5, 5.41) is 3.59. The van der Waals surface area contributed by atoms with Crippen LogP contribution in [0.1, 0.15) is 17.2 Å². The van der Waals surface area contributed by atoms with Crippen molar-refractivity contribution >= 4 is 23.2 Å². The zero-order valence-electron chi connectivity index (χ0n) is 10.8.